The Morgan fingerprint density at radius 2 is 1.91 bits per heavy atom. The lowest BCUT2D eigenvalue weighted by Gasteiger charge is -2.06. The zero-order chi connectivity index (χ0) is 16.4. The topological polar surface area (TPSA) is 44.9 Å². The molecule has 0 fully saturated rings. The van der Waals surface area contributed by atoms with E-state index in [0.717, 1.165) is 34.3 Å². The average Bonchev–Trinajstić information content (AvgIpc) is 2.86. The lowest BCUT2D eigenvalue weighted by atomic mass is 10.1. The lowest BCUT2D eigenvalue weighted by Crippen LogP contribution is -2.26. The van der Waals surface area contributed by atoms with Crippen molar-refractivity contribution in [3.63, 3.8) is 0 Å². The molecule has 1 amide bonds. The van der Waals surface area contributed by atoms with Crippen molar-refractivity contribution in [1.82, 2.24) is 10.3 Å². The van der Waals surface area contributed by atoms with Gasteiger partial charge in [0.05, 0.1) is 0 Å². The molecule has 3 rings (SSSR count). The molecule has 2 N–H and O–H groups in total. The van der Waals surface area contributed by atoms with E-state index in [1.54, 1.807) is 0 Å². The van der Waals surface area contributed by atoms with E-state index in [9.17, 15) is 13.6 Å². The molecule has 3 aromatic rings. The van der Waals surface area contributed by atoms with E-state index in [-0.39, 0.29) is 5.56 Å². The molecule has 118 valence electrons. The van der Waals surface area contributed by atoms with Crippen LogP contribution >= 0.6 is 0 Å². The Morgan fingerprint density at radius 3 is 2.70 bits per heavy atom. The maximum absolute atomic E-state index is 13.2. The van der Waals surface area contributed by atoms with E-state index in [0.29, 0.717) is 13.0 Å². The molecule has 3 nitrogen and oxygen atoms in total. The lowest BCUT2D eigenvalue weighted by molar-refractivity contribution is 0.0953. The van der Waals surface area contributed by atoms with Crippen molar-refractivity contribution in [3.05, 3.63) is 70.9 Å². The Kier molecular flexibility index (Phi) is 4.10. The number of aromatic amines is 1. The predicted octanol–water partition coefficient (Wildman–Crippen LogP) is 3.73. The molecule has 0 aliphatic rings. The highest BCUT2D eigenvalue weighted by molar-refractivity contribution is 5.94. The Morgan fingerprint density at radius 1 is 1.13 bits per heavy atom. The zero-order valence-corrected chi connectivity index (χ0v) is 12.6. The highest BCUT2D eigenvalue weighted by Gasteiger charge is 2.11. The molecule has 0 aliphatic heterocycles. The van der Waals surface area contributed by atoms with E-state index in [1.807, 2.05) is 31.2 Å². The van der Waals surface area contributed by atoms with Gasteiger partial charge in [-0.3, -0.25) is 4.79 Å². The fourth-order valence-corrected chi connectivity index (χ4v) is 2.70. The minimum Gasteiger partial charge on any atom is -0.358 e. The van der Waals surface area contributed by atoms with E-state index in [1.165, 1.54) is 6.07 Å². The summed E-state index contributed by atoms with van der Waals surface area (Å²) in [6.07, 6.45) is 0.658. The van der Waals surface area contributed by atoms with Crippen LogP contribution in [0, 0.1) is 18.6 Å². The van der Waals surface area contributed by atoms with Gasteiger partial charge >= 0.3 is 0 Å². The number of aromatic nitrogens is 1. The maximum Gasteiger partial charge on any atom is 0.251 e. The third-order valence-electron chi connectivity index (χ3n) is 3.87. The van der Waals surface area contributed by atoms with Crippen molar-refractivity contribution in [3.8, 4) is 0 Å². The number of carbonyl (C=O) groups excluding carboxylic acids is 1. The van der Waals surface area contributed by atoms with Crippen LogP contribution in [0.15, 0.2) is 42.5 Å². The van der Waals surface area contributed by atoms with Crippen LogP contribution in [0.1, 0.15) is 21.6 Å². The van der Waals surface area contributed by atoms with E-state index < -0.39 is 17.5 Å². The van der Waals surface area contributed by atoms with Gasteiger partial charge in [-0.25, -0.2) is 8.78 Å². The van der Waals surface area contributed by atoms with Crippen LogP contribution in [0.4, 0.5) is 8.78 Å². The number of fused-ring (bicyclic) bond motifs is 1. The number of H-pyrrole nitrogens is 1. The normalized spacial score (nSPS) is 10.9. The molecule has 0 unspecified atom stereocenters. The average molecular weight is 314 g/mol. The highest BCUT2D eigenvalue weighted by Crippen LogP contribution is 2.21. The molecule has 0 saturated heterocycles. The molecule has 2 aromatic carbocycles. The minimum atomic E-state index is -1.02. The first-order valence-corrected chi connectivity index (χ1v) is 7.35. The molecule has 0 saturated carbocycles. The van der Waals surface area contributed by atoms with Crippen LogP contribution in [-0.2, 0) is 6.42 Å². The predicted molar refractivity (Wildman–Crippen MR) is 85.4 cm³/mol. The number of benzene rings is 2. The molecular formula is C18H16F2N2O. The number of amides is 1. The van der Waals surface area contributed by atoms with Crippen molar-refractivity contribution in [2.45, 2.75) is 13.3 Å². The first-order valence-electron chi connectivity index (χ1n) is 7.35. The highest BCUT2D eigenvalue weighted by atomic mass is 19.2. The molecule has 0 atom stereocenters. The molecule has 0 bridgehead atoms. The Balaban J connectivity index is 1.67. The molecule has 1 aromatic heterocycles. The third kappa shape index (κ3) is 3.08. The summed E-state index contributed by atoms with van der Waals surface area (Å²) in [5.74, 6) is -2.40. The Bertz CT molecular complexity index is 871. The van der Waals surface area contributed by atoms with Gasteiger partial charge in [-0.05, 0) is 43.2 Å². The Labute approximate surface area is 132 Å². The summed E-state index contributed by atoms with van der Waals surface area (Å²) in [5, 5.41) is 3.87. The van der Waals surface area contributed by atoms with Gasteiger partial charge in [0.2, 0.25) is 0 Å². The number of para-hydroxylation sites is 1. The van der Waals surface area contributed by atoms with Gasteiger partial charge in [0, 0.05) is 28.7 Å². The number of carbonyl (C=O) groups is 1. The van der Waals surface area contributed by atoms with E-state index in [4.69, 9.17) is 0 Å². The van der Waals surface area contributed by atoms with Crippen LogP contribution < -0.4 is 5.32 Å². The molecule has 5 heteroatoms. The number of nitrogens with one attached hydrogen (secondary N) is 2. The standard InChI is InChI=1S/C18H16F2N2O/c1-11-13(14-4-2-3-5-17(14)22-11)8-9-21-18(23)12-6-7-15(19)16(20)10-12/h2-7,10,22H,8-9H2,1H3,(H,21,23). The monoisotopic (exact) mass is 314 g/mol. The fourth-order valence-electron chi connectivity index (χ4n) is 2.70. The SMILES string of the molecule is Cc1[nH]c2ccccc2c1CCNC(=O)c1ccc(F)c(F)c1. The summed E-state index contributed by atoms with van der Waals surface area (Å²) in [6, 6.07) is 11.1. The van der Waals surface area contributed by atoms with Crippen molar-refractivity contribution in [1.29, 1.82) is 0 Å². The largest absolute Gasteiger partial charge is 0.358 e. The second-order valence-corrected chi connectivity index (χ2v) is 5.41. The molecule has 0 radical (unpaired) electrons. The van der Waals surface area contributed by atoms with Crippen LogP contribution in [0.3, 0.4) is 0 Å². The smallest absolute Gasteiger partial charge is 0.251 e. The number of rotatable bonds is 4. The number of halogens is 2. The third-order valence-corrected chi connectivity index (χ3v) is 3.87. The van der Waals surface area contributed by atoms with Crippen molar-refractivity contribution >= 4 is 16.8 Å². The second kappa shape index (κ2) is 6.20. The van der Waals surface area contributed by atoms with Gasteiger partial charge in [0.1, 0.15) is 0 Å². The van der Waals surface area contributed by atoms with Gasteiger partial charge in [0.15, 0.2) is 11.6 Å². The molecular weight excluding hydrogens is 298 g/mol. The molecule has 0 spiro atoms. The van der Waals surface area contributed by atoms with Crippen LogP contribution in [0.5, 0.6) is 0 Å². The first-order chi connectivity index (χ1) is 11.1. The zero-order valence-electron chi connectivity index (χ0n) is 12.6. The van der Waals surface area contributed by atoms with Crippen molar-refractivity contribution in [2.24, 2.45) is 0 Å². The van der Waals surface area contributed by atoms with Gasteiger partial charge in [-0.1, -0.05) is 18.2 Å². The molecule has 23 heavy (non-hydrogen) atoms. The van der Waals surface area contributed by atoms with Crippen LogP contribution in [0.2, 0.25) is 0 Å². The van der Waals surface area contributed by atoms with Gasteiger partial charge in [-0.15, -0.1) is 0 Å². The Hall–Kier alpha value is -2.69. The number of aryl methyl sites for hydroxylation is 1. The van der Waals surface area contributed by atoms with E-state index in [2.05, 4.69) is 10.3 Å². The number of hydrogen-bond acceptors (Lipinski definition) is 1. The van der Waals surface area contributed by atoms with E-state index >= 15 is 0 Å². The van der Waals surface area contributed by atoms with Gasteiger partial charge in [0.25, 0.3) is 5.91 Å². The summed E-state index contributed by atoms with van der Waals surface area (Å²) in [4.78, 5) is 15.3. The van der Waals surface area contributed by atoms with Crippen LogP contribution in [-0.4, -0.2) is 17.4 Å². The first kappa shape index (κ1) is 15.2. The van der Waals surface area contributed by atoms with Gasteiger partial charge in [-0.2, -0.15) is 0 Å². The quantitative estimate of drug-likeness (QED) is 0.757. The van der Waals surface area contributed by atoms with Gasteiger partial charge < -0.3 is 10.3 Å². The number of hydrogen-bond donors (Lipinski definition) is 2. The molecule has 1 heterocycles. The minimum absolute atomic E-state index is 0.111. The van der Waals surface area contributed by atoms with Crippen LogP contribution in [0.25, 0.3) is 10.9 Å². The second-order valence-electron chi connectivity index (χ2n) is 5.41. The summed E-state index contributed by atoms with van der Waals surface area (Å²) in [6.45, 7) is 2.41. The summed E-state index contributed by atoms with van der Waals surface area (Å²) in [5.41, 5.74) is 3.38. The van der Waals surface area contributed by atoms with Crippen molar-refractivity contribution in [2.75, 3.05) is 6.54 Å². The van der Waals surface area contributed by atoms with Crippen molar-refractivity contribution < 1.29 is 13.6 Å². The summed E-state index contributed by atoms with van der Waals surface area (Å²) in [7, 11) is 0. The summed E-state index contributed by atoms with van der Waals surface area (Å²) < 4.78 is 26.0. The molecule has 0 aliphatic carbocycles. The maximum atomic E-state index is 13.2. The summed E-state index contributed by atoms with van der Waals surface area (Å²) >= 11 is 0. The fraction of sp³-hybridized carbons (Fsp3) is 0.167.